The Balaban J connectivity index is 1.74. The molecule has 8 nitrogen and oxygen atoms in total. The molecule has 0 aromatic heterocycles. The molecule has 1 saturated heterocycles. The van der Waals surface area contributed by atoms with Crippen LogP contribution in [0.2, 0.25) is 0 Å². The van der Waals surface area contributed by atoms with Crippen LogP contribution in [0.15, 0.2) is 29.3 Å². The summed E-state index contributed by atoms with van der Waals surface area (Å²) in [5.41, 5.74) is 0.920. The van der Waals surface area contributed by atoms with Gasteiger partial charge in [-0.2, -0.15) is 0 Å². The van der Waals surface area contributed by atoms with Gasteiger partial charge in [-0.15, -0.1) is 0 Å². The van der Waals surface area contributed by atoms with E-state index in [1.165, 1.54) is 0 Å². The van der Waals surface area contributed by atoms with Crippen molar-refractivity contribution < 1.29 is 14.3 Å². The van der Waals surface area contributed by atoms with Gasteiger partial charge in [0.05, 0.1) is 12.6 Å². The monoisotopic (exact) mass is 419 g/mol. The highest BCUT2D eigenvalue weighted by Gasteiger charge is 2.30. The molecule has 8 heteroatoms. The minimum Gasteiger partial charge on any atom is -0.493 e. The molecule has 0 saturated carbocycles. The second-order valence-electron chi connectivity index (χ2n) is 7.63. The summed E-state index contributed by atoms with van der Waals surface area (Å²) < 4.78 is 10.8. The zero-order valence-corrected chi connectivity index (χ0v) is 18.8. The lowest BCUT2D eigenvalue weighted by Crippen LogP contribution is -2.43. The third-order valence-electron chi connectivity index (χ3n) is 5.09. The molecule has 1 fully saturated rings. The number of aliphatic imine (C=N–C) groups is 1. The first kappa shape index (κ1) is 24.0. The van der Waals surface area contributed by atoms with Crippen molar-refractivity contribution in [1.29, 1.82) is 0 Å². The summed E-state index contributed by atoms with van der Waals surface area (Å²) >= 11 is 0. The lowest BCUT2D eigenvalue weighted by atomic mass is 10.2. The van der Waals surface area contributed by atoms with Crippen LogP contribution in [0.5, 0.6) is 5.75 Å². The van der Waals surface area contributed by atoms with E-state index in [4.69, 9.17) is 9.47 Å². The number of rotatable bonds is 11. The van der Waals surface area contributed by atoms with Crippen molar-refractivity contribution in [2.24, 2.45) is 4.99 Å². The first-order valence-electron chi connectivity index (χ1n) is 10.7. The highest BCUT2D eigenvalue weighted by Crippen LogP contribution is 2.19. The number of carbonyl (C=O) groups is 1. The van der Waals surface area contributed by atoms with Crippen LogP contribution in [-0.2, 0) is 9.53 Å². The molecule has 1 unspecified atom stereocenters. The summed E-state index contributed by atoms with van der Waals surface area (Å²) in [6.45, 7) is 3.99. The van der Waals surface area contributed by atoms with Gasteiger partial charge in [0.2, 0.25) is 5.91 Å². The van der Waals surface area contributed by atoms with Crippen molar-refractivity contribution in [3.05, 3.63) is 24.3 Å². The van der Waals surface area contributed by atoms with Gasteiger partial charge in [0.25, 0.3) is 0 Å². The van der Waals surface area contributed by atoms with Crippen molar-refractivity contribution in [3.8, 4) is 5.75 Å². The molecule has 0 spiro atoms. The van der Waals surface area contributed by atoms with Gasteiger partial charge in [0.1, 0.15) is 5.75 Å². The fourth-order valence-corrected chi connectivity index (χ4v) is 3.53. The number of anilines is 1. The van der Waals surface area contributed by atoms with Gasteiger partial charge >= 0.3 is 0 Å². The highest BCUT2D eigenvalue weighted by atomic mass is 16.5. The molecule has 1 aliphatic heterocycles. The molecule has 0 aliphatic carbocycles. The van der Waals surface area contributed by atoms with Crippen LogP contribution in [0.25, 0.3) is 0 Å². The minimum absolute atomic E-state index is 0.0315. The molecule has 0 bridgehead atoms. The fourth-order valence-electron chi connectivity index (χ4n) is 3.53. The van der Waals surface area contributed by atoms with Gasteiger partial charge < -0.3 is 25.0 Å². The highest BCUT2D eigenvalue weighted by molar-refractivity contribution is 5.93. The number of ether oxygens (including phenoxy) is 2. The molecule has 1 aromatic rings. The molecule has 1 aromatic carbocycles. The average Bonchev–Trinajstić information content (AvgIpc) is 3.21. The van der Waals surface area contributed by atoms with Gasteiger partial charge in [-0.05, 0) is 37.9 Å². The Morgan fingerprint density at radius 2 is 2.13 bits per heavy atom. The number of guanidine groups is 1. The van der Waals surface area contributed by atoms with Crippen molar-refractivity contribution in [2.75, 3.05) is 66.4 Å². The van der Waals surface area contributed by atoms with Gasteiger partial charge in [-0.25, -0.2) is 0 Å². The number of nitrogens with one attached hydrogen (secondary N) is 2. The Kier molecular flexibility index (Phi) is 10.4. The summed E-state index contributed by atoms with van der Waals surface area (Å²) in [5, 5.41) is 6.65. The Bertz CT molecular complexity index is 680. The topological polar surface area (TPSA) is 78.4 Å². The number of hydrogen-bond acceptors (Lipinski definition) is 5. The molecule has 1 aliphatic rings. The minimum atomic E-state index is 0.0315. The predicted octanol–water partition coefficient (Wildman–Crippen LogP) is 2.03. The molecule has 168 valence electrons. The van der Waals surface area contributed by atoms with Gasteiger partial charge in [-0.3, -0.25) is 14.7 Å². The van der Waals surface area contributed by atoms with Crippen molar-refractivity contribution in [3.63, 3.8) is 0 Å². The maximum Gasteiger partial charge on any atom is 0.239 e. The number of likely N-dealkylation sites (tertiary alicyclic amines) is 1. The maximum atomic E-state index is 12.3. The van der Waals surface area contributed by atoms with Crippen LogP contribution in [0.4, 0.5) is 5.69 Å². The first-order valence-corrected chi connectivity index (χ1v) is 10.7. The summed E-state index contributed by atoms with van der Waals surface area (Å²) in [5.74, 6) is 1.74. The molecule has 30 heavy (non-hydrogen) atoms. The van der Waals surface area contributed by atoms with Crippen molar-refractivity contribution in [1.82, 2.24) is 15.1 Å². The van der Waals surface area contributed by atoms with E-state index in [9.17, 15) is 4.79 Å². The lowest BCUT2D eigenvalue weighted by Gasteiger charge is -2.26. The second-order valence-corrected chi connectivity index (χ2v) is 7.63. The van der Waals surface area contributed by atoms with E-state index in [1.807, 2.05) is 38.4 Å². The van der Waals surface area contributed by atoms with E-state index in [0.717, 1.165) is 56.8 Å². The number of nitrogens with zero attached hydrogens (tertiary/aromatic N) is 3. The van der Waals surface area contributed by atoms with Gasteiger partial charge in [0, 0.05) is 66.1 Å². The number of likely N-dealkylation sites (N-methyl/N-ethyl adjacent to an activating group) is 1. The second kappa shape index (κ2) is 13.1. The van der Waals surface area contributed by atoms with Crippen molar-refractivity contribution >= 4 is 17.6 Å². The number of hydrogen-bond donors (Lipinski definition) is 2. The molecule has 1 atom stereocenters. The van der Waals surface area contributed by atoms with Gasteiger partial charge in [-0.1, -0.05) is 6.07 Å². The van der Waals surface area contributed by atoms with E-state index >= 15 is 0 Å². The lowest BCUT2D eigenvalue weighted by molar-refractivity contribution is -0.133. The Morgan fingerprint density at radius 3 is 2.87 bits per heavy atom. The third kappa shape index (κ3) is 7.84. The van der Waals surface area contributed by atoms with Crippen LogP contribution >= 0.6 is 0 Å². The van der Waals surface area contributed by atoms with E-state index in [1.54, 1.807) is 19.1 Å². The van der Waals surface area contributed by atoms with E-state index in [0.29, 0.717) is 19.2 Å². The molecular formula is C22H37N5O3. The first-order chi connectivity index (χ1) is 14.5. The largest absolute Gasteiger partial charge is 0.493 e. The van der Waals surface area contributed by atoms with Crippen LogP contribution in [0.1, 0.15) is 25.7 Å². The number of amides is 1. The molecule has 1 heterocycles. The maximum absolute atomic E-state index is 12.3. The molecular weight excluding hydrogens is 382 g/mol. The number of carbonyl (C=O) groups excluding carboxylic acids is 1. The normalized spacial score (nSPS) is 17.1. The fraction of sp³-hybridized carbons (Fsp3) is 0.636. The summed E-state index contributed by atoms with van der Waals surface area (Å²) in [6, 6.07) is 7.87. The zero-order chi connectivity index (χ0) is 21.8. The van der Waals surface area contributed by atoms with Crippen LogP contribution in [0, 0.1) is 0 Å². The van der Waals surface area contributed by atoms with Crippen LogP contribution in [-0.4, -0.2) is 88.8 Å². The summed E-state index contributed by atoms with van der Waals surface area (Å²) in [7, 11) is 7.11. The standard InChI is InChI=1S/C22H37N5O3/c1-23-22(25-18-9-5-10-19(17-18)30-16-8-15-29-4)24-12-7-14-27-13-6-11-20(27)21(28)26(2)3/h5,9-10,17,20H,6-8,11-16H2,1-4H3,(H2,23,24,25). The Hall–Kier alpha value is -2.32. The van der Waals surface area contributed by atoms with Crippen LogP contribution < -0.4 is 15.4 Å². The Labute approximate surface area is 180 Å². The average molecular weight is 420 g/mol. The Morgan fingerprint density at radius 1 is 1.30 bits per heavy atom. The molecule has 2 N–H and O–H groups in total. The van der Waals surface area contributed by atoms with Gasteiger partial charge in [0.15, 0.2) is 5.96 Å². The third-order valence-corrected chi connectivity index (χ3v) is 5.09. The van der Waals surface area contributed by atoms with E-state index < -0.39 is 0 Å². The molecule has 0 radical (unpaired) electrons. The smallest absolute Gasteiger partial charge is 0.239 e. The number of benzene rings is 1. The number of methoxy groups -OCH3 is 1. The zero-order valence-electron chi connectivity index (χ0n) is 18.8. The SMILES string of the molecule is CN=C(NCCCN1CCCC1C(=O)N(C)C)Nc1cccc(OCCCOC)c1. The van der Waals surface area contributed by atoms with Crippen molar-refractivity contribution in [2.45, 2.75) is 31.7 Å². The summed E-state index contributed by atoms with van der Waals surface area (Å²) in [4.78, 5) is 20.6. The van der Waals surface area contributed by atoms with E-state index in [-0.39, 0.29) is 11.9 Å². The predicted molar refractivity (Wildman–Crippen MR) is 121 cm³/mol. The summed E-state index contributed by atoms with van der Waals surface area (Å²) in [6.07, 6.45) is 3.85. The van der Waals surface area contributed by atoms with E-state index in [2.05, 4.69) is 20.5 Å². The quantitative estimate of drug-likeness (QED) is 0.325. The molecule has 2 rings (SSSR count). The van der Waals surface area contributed by atoms with Crippen LogP contribution in [0.3, 0.4) is 0 Å². The molecule has 1 amide bonds.